The van der Waals surface area contributed by atoms with E-state index >= 15 is 0 Å². The summed E-state index contributed by atoms with van der Waals surface area (Å²) in [4.78, 5) is 9.93. The Morgan fingerprint density at radius 1 is 1.50 bits per heavy atom. The number of rotatable bonds is 4. The summed E-state index contributed by atoms with van der Waals surface area (Å²) in [7, 11) is 1.87. The summed E-state index contributed by atoms with van der Waals surface area (Å²) in [5.41, 5.74) is 0.921. The molecule has 1 heterocycles. The molecule has 1 aromatic rings. The van der Waals surface area contributed by atoms with Crippen LogP contribution in [0.15, 0.2) is 6.33 Å². The first-order chi connectivity index (χ1) is 6.70. The quantitative estimate of drug-likeness (QED) is 0.765. The average molecular weight is 216 g/mol. The van der Waals surface area contributed by atoms with Crippen LogP contribution in [0.3, 0.4) is 0 Å². The van der Waals surface area contributed by atoms with Crippen LogP contribution in [0.2, 0.25) is 5.15 Å². The van der Waals surface area contributed by atoms with E-state index in [4.69, 9.17) is 16.7 Å². The van der Waals surface area contributed by atoms with Gasteiger partial charge in [0.05, 0.1) is 6.61 Å². The van der Waals surface area contributed by atoms with Gasteiger partial charge in [0.15, 0.2) is 0 Å². The minimum Gasteiger partial charge on any atom is -0.395 e. The summed E-state index contributed by atoms with van der Waals surface area (Å²) in [6.07, 6.45) is 2.22. The van der Waals surface area contributed by atoms with E-state index in [1.54, 1.807) is 0 Å². The van der Waals surface area contributed by atoms with Crippen molar-refractivity contribution in [2.75, 3.05) is 25.1 Å². The normalized spacial score (nSPS) is 10.3. The Morgan fingerprint density at radius 2 is 2.21 bits per heavy atom. The molecule has 0 aliphatic rings. The lowest BCUT2D eigenvalue weighted by Crippen LogP contribution is -2.23. The Balaban J connectivity index is 3.00. The molecule has 1 aromatic heterocycles. The van der Waals surface area contributed by atoms with Gasteiger partial charge >= 0.3 is 0 Å². The Labute approximate surface area is 88.6 Å². The second-order valence-electron chi connectivity index (χ2n) is 2.97. The monoisotopic (exact) mass is 215 g/mol. The van der Waals surface area contributed by atoms with Crippen LogP contribution in [0.1, 0.15) is 12.5 Å². The van der Waals surface area contributed by atoms with Crippen LogP contribution in [0.5, 0.6) is 0 Å². The molecule has 14 heavy (non-hydrogen) atoms. The number of likely N-dealkylation sites (N-methyl/N-ethyl adjacent to an activating group) is 1. The van der Waals surface area contributed by atoms with Crippen LogP contribution in [0.4, 0.5) is 5.82 Å². The summed E-state index contributed by atoms with van der Waals surface area (Å²) in [5.74, 6) is 0.793. The maximum Gasteiger partial charge on any atom is 0.137 e. The number of nitrogens with zero attached hydrogens (tertiary/aromatic N) is 3. The molecular weight excluding hydrogens is 202 g/mol. The first-order valence-corrected chi connectivity index (χ1v) is 4.89. The number of halogens is 1. The van der Waals surface area contributed by atoms with E-state index in [9.17, 15) is 0 Å². The van der Waals surface area contributed by atoms with E-state index < -0.39 is 0 Å². The van der Waals surface area contributed by atoms with E-state index in [1.807, 2.05) is 18.9 Å². The molecule has 0 bridgehead atoms. The molecule has 0 unspecified atom stereocenters. The number of anilines is 1. The van der Waals surface area contributed by atoms with E-state index in [0.717, 1.165) is 17.8 Å². The fourth-order valence-electron chi connectivity index (χ4n) is 1.27. The Kier molecular flexibility index (Phi) is 4.10. The van der Waals surface area contributed by atoms with E-state index in [-0.39, 0.29) is 6.61 Å². The first kappa shape index (κ1) is 11.2. The molecule has 0 aliphatic heterocycles. The van der Waals surface area contributed by atoms with Crippen molar-refractivity contribution >= 4 is 17.4 Å². The molecule has 0 fully saturated rings. The number of hydrogen-bond donors (Lipinski definition) is 1. The van der Waals surface area contributed by atoms with Crippen LogP contribution in [0.25, 0.3) is 0 Å². The maximum absolute atomic E-state index is 8.81. The van der Waals surface area contributed by atoms with Crippen molar-refractivity contribution in [2.45, 2.75) is 13.3 Å². The highest BCUT2D eigenvalue weighted by molar-refractivity contribution is 6.30. The third-order valence-corrected chi connectivity index (χ3v) is 2.35. The van der Waals surface area contributed by atoms with E-state index in [1.165, 1.54) is 6.33 Å². The lowest BCUT2D eigenvalue weighted by Gasteiger charge is -2.19. The zero-order valence-corrected chi connectivity index (χ0v) is 9.12. The fraction of sp³-hybridized carbons (Fsp3) is 0.556. The summed E-state index contributed by atoms with van der Waals surface area (Å²) in [6, 6.07) is 0. The van der Waals surface area contributed by atoms with Crippen LogP contribution in [0, 0.1) is 0 Å². The lowest BCUT2D eigenvalue weighted by atomic mass is 10.2. The van der Waals surface area contributed by atoms with E-state index in [2.05, 4.69) is 9.97 Å². The van der Waals surface area contributed by atoms with Crippen LogP contribution in [-0.2, 0) is 6.42 Å². The highest BCUT2D eigenvalue weighted by Gasteiger charge is 2.11. The van der Waals surface area contributed by atoms with Crippen molar-refractivity contribution in [3.63, 3.8) is 0 Å². The minimum atomic E-state index is 0.0985. The van der Waals surface area contributed by atoms with Gasteiger partial charge in [0.1, 0.15) is 17.3 Å². The smallest absolute Gasteiger partial charge is 0.137 e. The Morgan fingerprint density at radius 3 is 2.79 bits per heavy atom. The van der Waals surface area contributed by atoms with Gasteiger partial charge in [0.25, 0.3) is 0 Å². The van der Waals surface area contributed by atoms with Crippen molar-refractivity contribution in [3.8, 4) is 0 Å². The van der Waals surface area contributed by atoms with Gasteiger partial charge in [-0.15, -0.1) is 0 Å². The molecule has 1 N–H and O–H groups in total. The molecule has 0 radical (unpaired) electrons. The fourth-order valence-corrected chi connectivity index (χ4v) is 1.53. The molecule has 4 nitrogen and oxygen atoms in total. The first-order valence-electron chi connectivity index (χ1n) is 4.52. The number of aromatic nitrogens is 2. The second-order valence-corrected chi connectivity index (χ2v) is 3.32. The number of aliphatic hydroxyl groups excluding tert-OH is 1. The zero-order chi connectivity index (χ0) is 10.6. The third kappa shape index (κ3) is 2.33. The van der Waals surface area contributed by atoms with Gasteiger partial charge in [-0.2, -0.15) is 0 Å². The molecule has 1 rings (SSSR count). The van der Waals surface area contributed by atoms with Crippen molar-refractivity contribution in [3.05, 3.63) is 17.0 Å². The molecule has 78 valence electrons. The highest BCUT2D eigenvalue weighted by atomic mass is 35.5. The van der Waals surface area contributed by atoms with Crippen molar-refractivity contribution in [1.82, 2.24) is 9.97 Å². The van der Waals surface area contributed by atoms with Crippen molar-refractivity contribution in [2.24, 2.45) is 0 Å². The van der Waals surface area contributed by atoms with E-state index in [0.29, 0.717) is 11.7 Å². The zero-order valence-electron chi connectivity index (χ0n) is 8.37. The van der Waals surface area contributed by atoms with Gasteiger partial charge in [-0.25, -0.2) is 9.97 Å². The van der Waals surface area contributed by atoms with Gasteiger partial charge in [0, 0.05) is 19.2 Å². The van der Waals surface area contributed by atoms with Crippen molar-refractivity contribution in [1.29, 1.82) is 0 Å². The molecule has 0 saturated carbocycles. The minimum absolute atomic E-state index is 0.0985. The topological polar surface area (TPSA) is 49.2 Å². The Bertz CT molecular complexity index is 306. The predicted molar refractivity (Wildman–Crippen MR) is 56.8 cm³/mol. The predicted octanol–water partition coefficient (Wildman–Crippen LogP) is 1.12. The highest BCUT2D eigenvalue weighted by Crippen LogP contribution is 2.22. The van der Waals surface area contributed by atoms with Gasteiger partial charge in [-0.3, -0.25) is 0 Å². The largest absolute Gasteiger partial charge is 0.395 e. The van der Waals surface area contributed by atoms with Crippen LogP contribution >= 0.6 is 11.6 Å². The van der Waals surface area contributed by atoms with Gasteiger partial charge in [-0.05, 0) is 6.42 Å². The molecule has 0 amide bonds. The van der Waals surface area contributed by atoms with Crippen LogP contribution in [-0.4, -0.2) is 35.3 Å². The molecule has 0 aliphatic carbocycles. The Hall–Kier alpha value is -0.870. The standard InChI is InChI=1S/C9H14ClN3O/c1-3-7-8(10)11-6-12-9(7)13(2)4-5-14/h6,14H,3-5H2,1-2H3. The molecule has 0 spiro atoms. The number of hydrogen-bond acceptors (Lipinski definition) is 4. The van der Waals surface area contributed by atoms with Crippen molar-refractivity contribution < 1.29 is 5.11 Å². The maximum atomic E-state index is 8.81. The third-order valence-electron chi connectivity index (χ3n) is 2.02. The number of aliphatic hydroxyl groups is 1. The molecule has 0 aromatic carbocycles. The summed E-state index contributed by atoms with van der Waals surface area (Å²) >= 11 is 5.93. The molecule has 0 atom stereocenters. The SMILES string of the molecule is CCc1c(Cl)ncnc1N(C)CCO. The van der Waals surface area contributed by atoms with Crippen LogP contribution < -0.4 is 4.90 Å². The van der Waals surface area contributed by atoms with Gasteiger partial charge in [0.2, 0.25) is 0 Å². The molecule has 0 saturated heterocycles. The molecular formula is C9H14ClN3O. The second kappa shape index (κ2) is 5.12. The summed E-state index contributed by atoms with van der Waals surface area (Å²) in [6.45, 7) is 2.64. The molecule has 5 heteroatoms. The van der Waals surface area contributed by atoms with Gasteiger partial charge in [-0.1, -0.05) is 18.5 Å². The summed E-state index contributed by atoms with van der Waals surface area (Å²) in [5, 5.41) is 9.30. The van der Waals surface area contributed by atoms with Gasteiger partial charge < -0.3 is 10.0 Å². The average Bonchev–Trinajstić information content (AvgIpc) is 2.17. The summed E-state index contributed by atoms with van der Waals surface area (Å²) < 4.78 is 0. The lowest BCUT2D eigenvalue weighted by molar-refractivity contribution is 0.303.